The van der Waals surface area contributed by atoms with E-state index in [9.17, 15) is 19.7 Å². The number of allylic oxidation sites excluding steroid dienone is 2. The summed E-state index contributed by atoms with van der Waals surface area (Å²) >= 11 is 0. The molecule has 1 heterocycles. The van der Waals surface area contributed by atoms with Gasteiger partial charge in [-0.15, -0.1) is 0 Å². The van der Waals surface area contributed by atoms with Crippen LogP contribution < -0.4 is 5.32 Å². The normalized spacial score (nSPS) is 16.0. The van der Waals surface area contributed by atoms with Gasteiger partial charge >= 0.3 is 11.9 Å². The molecule has 1 aromatic carbocycles. The van der Waals surface area contributed by atoms with Gasteiger partial charge in [-0.1, -0.05) is 31.4 Å². The Balaban J connectivity index is 2.09. The zero-order chi connectivity index (χ0) is 26.9. The van der Waals surface area contributed by atoms with Crippen molar-refractivity contribution in [2.45, 2.75) is 58.3 Å². The topological polar surface area (TPSA) is 108 Å². The molecule has 0 amide bonds. The first kappa shape index (κ1) is 29.0. The maximum Gasteiger partial charge on any atom is 0.336 e. The maximum atomic E-state index is 13.2. The molecule has 198 valence electrons. The largest absolute Gasteiger partial charge is 0.466 e. The lowest BCUT2D eigenvalue weighted by molar-refractivity contribution is -0.870. The van der Waals surface area contributed by atoms with E-state index >= 15 is 0 Å². The number of dihydropyridines is 1. The zero-order valence-electron chi connectivity index (χ0n) is 22.4. The molecule has 2 rings (SSSR count). The predicted molar refractivity (Wildman–Crippen MR) is 138 cm³/mol. The summed E-state index contributed by atoms with van der Waals surface area (Å²) in [6, 6.07) is 5.96. The van der Waals surface area contributed by atoms with Crippen LogP contribution in [-0.4, -0.2) is 62.7 Å². The molecule has 1 aliphatic rings. The lowest BCUT2D eigenvalue weighted by Gasteiger charge is -2.30. The number of benzene rings is 1. The average Bonchev–Trinajstić information content (AvgIpc) is 2.81. The highest BCUT2D eigenvalue weighted by Crippen LogP contribution is 2.40. The van der Waals surface area contributed by atoms with Gasteiger partial charge in [-0.05, 0) is 38.7 Å². The molecule has 0 fully saturated rings. The van der Waals surface area contributed by atoms with Gasteiger partial charge in [0.15, 0.2) is 0 Å². The second-order valence-corrected chi connectivity index (χ2v) is 10.3. The molecule has 1 N–H and O–H groups in total. The summed E-state index contributed by atoms with van der Waals surface area (Å²) in [4.78, 5) is 36.8. The van der Waals surface area contributed by atoms with Crippen LogP contribution in [0.5, 0.6) is 0 Å². The number of rotatable bonds is 13. The number of nitrogens with zero attached hydrogens (tertiary/aromatic N) is 2. The third-order valence-electron chi connectivity index (χ3n) is 6.26. The van der Waals surface area contributed by atoms with Crippen molar-refractivity contribution >= 4 is 17.6 Å². The van der Waals surface area contributed by atoms with E-state index in [0.29, 0.717) is 17.0 Å². The van der Waals surface area contributed by atoms with E-state index in [1.54, 1.807) is 26.0 Å². The molecular formula is C27H40N3O6+. The van der Waals surface area contributed by atoms with Crippen molar-refractivity contribution in [3.63, 3.8) is 0 Å². The van der Waals surface area contributed by atoms with Crippen LogP contribution in [0.2, 0.25) is 0 Å². The van der Waals surface area contributed by atoms with Crippen molar-refractivity contribution in [3.05, 3.63) is 62.5 Å². The molecule has 1 aromatic rings. The third-order valence-corrected chi connectivity index (χ3v) is 6.26. The molecule has 1 aliphatic heterocycles. The first-order chi connectivity index (χ1) is 17.0. The second-order valence-electron chi connectivity index (χ2n) is 10.3. The summed E-state index contributed by atoms with van der Waals surface area (Å²) in [7, 11) is 7.85. The van der Waals surface area contributed by atoms with Gasteiger partial charge in [0.25, 0.3) is 5.69 Å². The van der Waals surface area contributed by atoms with Gasteiger partial charge in [-0.25, -0.2) is 9.59 Å². The highest BCUT2D eigenvalue weighted by Gasteiger charge is 2.38. The van der Waals surface area contributed by atoms with Crippen LogP contribution in [0.3, 0.4) is 0 Å². The summed E-state index contributed by atoms with van der Waals surface area (Å²) in [5.41, 5.74) is 1.87. The smallest absolute Gasteiger partial charge is 0.336 e. The lowest BCUT2D eigenvalue weighted by Crippen LogP contribution is -2.35. The Kier molecular flexibility index (Phi) is 10.6. The van der Waals surface area contributed by atoms with E-state index in [-0.39, 0.29) is 23.4 Å². The first-order valence-electron chi connectivity index (χ1n) is 12.4. The summed E-state index contributed by atoms with van der Waals surface area (Å²) in [6.45, 7) is 4.87. The Hall–Kier alpha value is -3.20. The molecule has 0 unspecified atom stereocenters. The van der Waals surface area contributed by atoms with Gasteiger partial charge in [0, 0.05) is 23.5 Å². The molecule has 0 radical (unpaired) electrons. The van der Waals surface area contributed by atoms with E-state index in [2.05, 4.69) is 26.5 Å². The number of non-ortho nitro benzene ring substituents is 1. The van der Waals surface area contributed by atoms with Gasteiger partial charge in [0.2, 0.25) is 0 Å². The van der Waals surface area contributed by atoms with Crippen molar-refractivity contribution in [1.82, 2.24) is 5.32 Å². The summed E-state index contributed by atoms with van der Waals surface area (Å²) in [5.74, 6) is -2.00. The molecule has 0 aromatic heterocycles. The molecule has 0 bridgehead atoms. The molecule has 9 heteroatoms. The number of ether oxygens (including phenoxy) is 2. The Morgan fingerprint density at radius 1 is 0.972 bits per heavy atom. The number of nitro groups is 1. The van der Waals surface area contributed by atoms with Crippen LogP contribution in [0.1, 0.15) is 63.9 Å². The van der Waals surface area contributed by atoms with E-state index in [0.717, 1.165) is 36.7 Å². The monoisotopic (exact) mass is 502 g/mol. The predicted octanol–water partition coefficient (Wildman–Crippen LogP) is 4.59. The van der Waals surface area contributed by atoms with Crippen molar-refractivity contribution in [3.8, 4) is 0 Å². The van der Waals surface area contributed by atoms with Gasteiger partial charge in [-0.2, -0.15) is 0 Å². The van der Waals surface area contributed by atoms with Crippen LogP contribution in [0.4, 0.5) is 5.69 Å². The third kappa shape index (κ3) is 8.19. The molecular weight excluding hydrogens is 462 g/mol. The van der Waals surface area contributed by atoms with Gasteiger partial charge in [0.1, 0.15) is 0 Å². The maximum absolute atomic E-state index is 13.2. The van der Waals surface area contributed by atoms with Crippen molar-refractivity contribution in [2.24, 2.45) is 0 Å². The van der Waals surface area contributed by atoms with Crippen molar-refractivity contribution in [1.29, 1.82) is 0 Å². The van der Waals surface area contributed by atoms with E-state index in [4.69, 9.17) is 9.47 Å². The Morgan fingerprint density at radius 3 is 2.14 bits per heavy atom. The lowest BCUT2D eigenvalue weighted by atomic mass is 9.80. The Labute approximate surface area is 213 Å². The minimum atomic E-state index is -0.840. The summed E-state index contributed by atoms with van der Waals surface area (Å²) < 4.78 is 11.6. The first-order valence-corrected chi connectivity index (χ1v) is 12.4. The molecule has 36 heavy (non-hydrogen) atoms. The number of esters is 2. The SMILES string of the molecule is COC(=O)C1=C(C)NC(C)=C(C(=O)OCCCCCCCC[N+](C)(C)C)[C@@H]1c1cccc([N+](=O)[O-])c1. The highest BCUT2D eigenvalue weighted by atomic mass is 16.6. The number of hydrogen-bond acceptors (Lipinski definition) is 7. The highest BCUT2D eigenvalue weighted by molar-refractivity contribution is 5.99. The number of unbranched alkanes of at least 4 members (excludes halogenated alkanes) is 5. The number of nitro benzene ring substituents is 1. The number of methoxy groups -OCH3 is 1. The van der Waals surface area contributed by atoms with Crippen LogP contribution >= 0.6 is 0 Å². The molecule has 0 spiro atoms. The second kappa shape index (κ2) is 13.2. The molecule has 0 saturated carbocycles. The molecule has 9 nitrogen and oxygen atoms in total. The van der Waals surface area contributed by atoms with Gasteiger partial charge in [-0.3, -0.25) is 10.1 Å². The van der Waals surface area contributed by atoms with E-state index < -0.39 is 22.8 Å². The van der Waals surface area contributed by atoms with Crippen LogP contribution in [0.15, 0.2) is 46.8 Å². The van der Waals surface area contributed by atoms with Crippen molar-refractivity contribution in [2.75, 3.05) is 41.4 Å². The van der Waals surface area contributed by atoms with Crippen LogP contribution in [-0.2, 0) is 19.1 Å². The number of quaternary nitrogens is 1. The standard InChI is InChI=1S/C27H39N3O6/c1-19-23(26(31)35-6)25(21-14-13-15-22(18-21)29(33)34)24(20(2)28-19)27(32)36-17-12-10-8-7-9-11-16-30(3,4)5/h13-15,18,25H,7-12,16-17H2,1-6H3/p+1/t25-/m1/s1. The zero-order valence-corrected chi connectivity index (χ0v) is 22.4. The average molecular weight is 503 g/mol. The number of hydrogen-bond donors (Lipinski definition) is 1. The molecule has 0 aliphatic carbocycles. The summed E-state index contributed by atoms with van der Waals surface area (Å²) in [6.07, 6.45) is 6.36. The van der Waals surface area contributed by atoms with Crippen molar-refractivity contribution < 1.29 is 28.5 Å². The number of carbonyl (C=O) groups is 2. The fourth-order valence-corrected chi connectivity index (χ4v) is 4.43. The molecule has 1 atom stereocenters. The minimum absolute atomic E-state index is 0.125. The Bertz CT molecular complexity index is 1020. The fourth-order valence-electron chi connectivity index (χ4n) is 4.43. The van der Waals surface area contributed by atoms with E-state index in [1.807, 2.05) is 0 Å². The van der Waals surface area contributed by atoms with Gasteiger partial charge in [0.05, 0.1) is 63.4 Å². The summed E-state index contributed by atoms with van der Waals surface area (Å²) in [5, 5.41) is 14.4. The number of nitrogens with one attached hydrogen (secondary N) is 1. The van der Waals surface area contributed by atoms with Crippen LogP contribution in [0.25, 0.3) is 0 Å². The quantitative estimate of drug-likeness (QED) is 0.138. The Morgan fingerprint density at radius 2 is 1.56 bits per heavy atom. The minimum Gasteiger partial charge on any atom is -0.466 e. The van der Waals surface area contributed by atoms with E-state index in [1.165, 1.54) is 32.1 Å². The molecule has 0 saturated heterocycles. The van der Waals surface area contributed by atoms with Crippen LogP contribution in [0, 0.1) is 10.1 Å². The van der Waals surface area contributed by atoms with Gasteiger partial charge < -0.3 is 19.3 Å². The fraction of sp³-hybridized carbons (Fsp3) is 0.556. The number of carbonyl (C=O) groups excluding carboxylic acids is 2.